The Morgan fingerprint density at radius 1 is 1.10 bits per heavy atom. The van der Waals surface area contributed by atoms with Crippen LogP contribution in [0.2, 0.25) is 0 Å². The van der Waals surface area contributed by atoms with E-state index >= 15 is 0 Å². The lowest BCUT2D eigenvalue weighted by Gasteiger charge is -2.29. The second kappa shape index (κ2) is 8.43. The van der Waals surface area contributed by atoms with Gasteiger partial charge in [0, 0.05) is 24.2 Å². The standard InChI is InChI=1S/C23H21FN2O3/c24-20-10-6-16(7-11-20)13-26-14-19-9-8-18(23(27)25-28)12-22(19)29-15-21(26)17-4-2-1-3-5-17/h1-12,21,28H,13-15H2,(H,25,27)/t21-/m1/s1. The summed E-state index contributed by atoms with van der Waals surface area (Å²) in [6.07, 6.45) is 0. The van der Waals surface area contributed by atoms with Crippen molar-refractivity contribution in [2.24, 2.45) is 0 Å². The molecule has 0 fully saturated rings. The third kappa shape index (κ3) is 4.29. The monoisotopic (exact) mass is 392 g/mol. The summed E-state index contributed by atoms with van der Waals surface area (Å²) >= 11 is 0. The number of hydrogen-bond acceptors (Lipinski definition) is 4. The maximum Gasteiger partial charge on any atom is 0.274 e. The van der Waals surface area contributed by atoms with Crippen molar-refractivity contribution in [3.8, 4) is 5.75 Å². The minimum Gasteiger partial charge on any atom is -0.491 e. The average molecular weight is 392 g/mol. The molecule has 0 radical (unpaired) electrons. The Labute approximate surface area is 168 Å². The Kier molecular flexibility index (Phi) is 5.55. The number of carbonyl (C=O) groups is 1. The summed E-state index contributed by atoms with van der Waals surface area (Å²) in [6, 6.07) is 21.7. The molecule has 1 heterocycles. The van der Waals surface area contributed by atoms with Gasteiger partial charge in [0.2, 0.25) is 0 Å². The van der Waals surface area contributed by atoms with E-state index in [0.717, 1.165) is 16.7 Å². The van der Waals surface area contributed by atoms with Gasteiger partial charge in [-0.05, 0) is 35.4 Å². The van der Waals surface area contributed by atoms with Gasteiger partial charge >= 0.3 is 0 Å². The van der Waals surface area contributed by atoms with Crippen LogP contribution in [-0.4, -0.2) is 22.6 Å². The molecule has 2 N–H and O–H groups in total. The van der Waals surface area contributed by atoms with Gasteiger partial charge in [0.1, 0.15) is 18.2 Å². The van der Waals surface area contributed by atoms with Crippen LogP contribution in [-0.2, 0) is 13.1 Å². The molecule has 0 aromatic heterocycles. The highest BCUT2D eigenvalue weighted by Gasteiger charge is 2.27. The smallest absolute Gasteiger partial charge is 0.274 e. The number of halogens is 1. The Bertz CT molecular complexity index is 993. The van der Waals surface area contributed by atoms with E-state index in [1.54, 1.807) is 29.7 Å². The van der Waals surface area contributed by atoms with Crippen molar-refractivity contribution in [1.29, 1.82) is 0 Å². The van der Waals surface area contributed by atoms with Gasteiger partial charge in [-0.15, -0.1) is 0 Å². The fraction of sp³-hybridized carbons (Fsp3) is 0.174. The number of nitrogens with zero attached hydrogens (tertiary/aromatic N) is 1. The largest absolute Gasteiger partial charge is 0.491 e. The number of ether oxygens (including phenoxy) is 1. The predicted octanol–water partition coefficient (Wildman–Crippen LogP) is 4.08. The minimum atomic E-state index is -0.580. The van der Waals surface area contributed by atoms with E-state index in [1.807, 2.05) is 24.3 Å². The first-order valence-corrected chi connectivity index (χ1v) is 9.37. The van der Waals surface area contributed by atoms with E-state index in [2.05, 4.69) is 17.0 Å². The first kappa shape index (κ1) is 19.1. The molecule has 0 saturated carbocycles. The second-order valence-electron chi connectivity index (χ2n) is 7.03. The molecular weight excluding hydrogens is 371 g/mol. The van der Waals surface area contributed by atoms with E-state index in [-0.39, 0.29) is 11.9 Å². The number of nitrogens with one attached hydrogen (secondary N) is 1. The van der Waals surface area contributed by atoms with Crippen LogP contribution >= 0.6 is 0 Å². The maximum atomic E-state index is 13.3. The van der Waals surface area contributed by atoms with Gasteiger partial charge in [0.15, 0.2) is 0 Å². The normalized spacial score (nSPS) is 16.4. The Hall–Kier alpha value is -3.22. The van der Waals surface area contributed by atoms with Crippen LogP contribution < -0.4 is 10.2 Å². The second-order valence-corrected chi connectivity index (χ2v) is 7.03. The number of hydroxylamine groups is 1. The fourth-order valence-corrected chi connectivity index (χ4v) is 3.60. The SMILES string of the molecule is O=C(NO)c1ccc2c(c1)OC[C@H](c1ccccc1)N(Cc1ccc(F)cc1)C2. The number of rotatable bonds is 4. The zero-order valence-electron chi connectivity index (χ0n) is 15.7. The molecule has 0 bridgehead atoms. The number of benzene rings is 3. The summed E-state index contributed by atoms with van der Waals surface area (Å²) in [6.45, 7) is 1.64. The van der Waals surface area contributed by atoms with Gasteiger partial charge in [0.05, 0.1) is 6.04 Å². The van der Waals surface area contributed by atoms with E-state index in [4.69, 9.17) is 9.94 Å². The molecule has 3 aromatic rings. The van der Waals surface area contributed by atoms with Crippen LogP contribution in [0.4, 0.5) is 4.39 Å². The molecule has 0 spiro atoms. The third-order valence-corrected chi connectivity index (χ3v) is 5.13. The Balaban J connectivity index is 1.67. The zero-order valence-corrected chi connectivity index (χ0v) is 15.7. The molecule has 1 atom stereocenters. The summed E-state index contributed by atoms with van der Waals surface area (Å²) in [7, 11) is 0. The molecule has 4 rings (SSSR count). The van der Waals surface area contributed by atoms with Crippen molar-refractivity contribution < 1.29 is 19.1 Å². The van der Waals surface area contributed by atoms with E-state index in [0.29, 0.717) is 31.0 Å². The highest BCUT2D eigenvalue weighted by molar-refractivity contribution is 5.93. The molecule has 5 nitrogen and oxygen atoms in total. The van der Waals surface area contributed by atoms with Gasteiger partial charge in [-0.1, -0.05) is 48.5 Å². The van der Waals surface area contributed by atoms with Gasteiger partial charge < -0.3 is 4.74 Å². The first-order chi connectivity index (χ1) is 14.1. The van der Waals surface area contributed by atoms with E-state index in [9.17, 15) is 9.18 Å². The molecule has 1 amide bonds. The van der Waals surface area contributed by atoms with E-state index in [1.165, 1.54) is 12.1 Å². The van der Waals surface area contributed by atoms with Crippen LogP contribution in [0.25, 0.3) is 0 Å². The quantitative estimate of drug-likeness (QED) is 0.519. The molecule has 0 aliphatic carbocycles. The predicted molar refractivity (Wildman–Crippen MR) is 106 cm³/mol. The van der Waals surface area contributed by atoms with Crippen LogP contribution in [0, 0.1) is 5.82 Å². The van der Waals surface area contributed by atoms with Gasteiger partial charge in [-0.25, -0.2) is 9.87 Å². The van der Waals surface area contributed by atoms with Gasteiger partial charge in [-0.2, -0.15) is 0 Å². The minimum absolute atomic E-state index is 0.0104. The zero-order chi connectivity index (χ0) is 20.2. The van der Waals surface area contributed by atoms with Crippen LogP contribution in [0.1, 0.15) is 33.1 Å². The van der Waals surface area contributed by atoms with E-state index < -0.39 is 5.91 Å². The number of carbonyl (C=O) groups excluding carboxylic acids is 1. The highest BCUT2D eigenvalue weighted by Crippen LogP contribution is 2.33. The highest BCUT2D eigenvalue weighted by atomic mass is 19.1. The topological polar surface area (TPSA) is 61.8 Å². The lowest BCUT2D eigenvalue weighted by atomic mass is 10.0. The molecule has 1 aliphatic rings. The summed E-state index contributed by atoms with van der Waals surface area (Å²) in [5, 5.41) is 8.89. The summed E-state index contributed by atoms with van der Waals surface area (Å²) in [5.41, 5.74) is 5.05. The van der Waals surface area contributed by atoms with Crippen molar-refractivity contribution in [2.75, 3.05) is 6.61 Å². The third-order valence-electron chi connectivity index (χ3n) is 5.13. The van der Waals surface area contributed by atoms with Crippen LogP contribution in [0.5, 0.6) is 5.75 Å². The fourth-order valence-electron chi connectivity index (χ4n) is 3.60. The summed E-state index contributed by atoms with van der Waals surface area (Å²) < 4.78 is 19.4. The van der Waals surface area contributed by atoms with Gasteiger partial charge in [0.25, 0.3) is 5.91 Å². The van der Waals surface area contributed by atoms with Crippen molar-refractivity contribution >= 4 is 5.91 Å². The lowest BCUT2D eigenvalue weighted by Crippen LogP contribution is -2.30. The molecule has 0 saturated heterocycles. The van der Waals surface area contributed by atoms with Crippen molar-refractivity contribution in [3.63, 3.8) is 0 Å². The summed E-state index contributed by atoms with van der Waals surface area (Å²) in [4.78, 5) is 14.0. The van der Waals surface area contributed by atoms with Crippen molar-refractivity contribution in [3.05, 3.63) is 101 Å². The number of fused-ring (bicyclic) bond motifs is 1. The molecule has 1 aliphatic heterocycles. The molecule has 148 valence electrons. The first-order valence-electron chi connectivity index (χ1n) is 9.37. The molecule has 29 heavy (non-hydrogen) atoms. The van der Waals surface area contributed by atoms with Crippen molar-refractivity contribution in [1.82, 2.24) is 10.4 Å². The maximum absolute atomic E-state index is 13.3. The summed E-state index contributed by atoms with van der Waals surface area (Å²) in [5.74, 6) is -0.218. The molecule has 3 aromatic carbocycles. The van der Waals surface area contributed by atoms with Crippen molar-refractivity contribution in [2.45, 2.75) is 19.1 Å². The Morgan fingerprint density at radius 3 is 2.59 bits per heavy atom. The molecule has 6 heteroatoms. The Morgan fingerprint density at radius 2 is 1.86 bits per heavy atom. The lowest BCUT2D eigenvalue weighted by molar-refractivity contribution is 0.0706. The molecule has 0 unspecified atom stereocenters. The molecular formula is C23H21FN2O3. The van der Waals surface area contributed by atoms with Crippen LogP contribution in [0.15, 0.2) is 72.8 Å². The van der Waals surface area contributed by atoms with Crippen LogP contribution in [0.3, 0.4) is 0 Å². The van der Waals surface area contributed by atoms with Gasteiger partial charge in [-0.3, -0.25) is 14.9 Å². The average Bonchev–Trinajstić information content (AvgIpc) is 2.94. The number of amides is 1. The number of hydrogen-bond donors (Lipinski definition) is 2.